The molecule has 1 N–H and O–H groups in total. The Morgan fingerprint density at radius 2 is 2.11 bits per heavy atom. The number of aryl methyl sites for hydroxylation is 1. The van der Waals surface area contributed by atoms with Crippen LogP contribution in [0.25, 0.3) is 0 Å². The number of hydrogen-bond donors (Lipinski definition) is 1. The minimum atomic E-state index is -4.25. The van der Waals surface area contributed by atoms with E-state index in [4.69, 9.17) is 0 Å². The number of halogens is 4. The quantitative estimate of drug-likeness (QED) is 0.845. The van der Waals surface area contributed by atoms with Crippen LogP contribution in [-0.2, 0) is 0 Å². The van der Waals surface area contributed by atoms with E-state index in [-0.39, 0.29) is 30.0 Å². The van der Waals surface area contributed by atoms with E-state index in [0.717, 1.165) is 10.0 Å². The third-order valence-corrected chi connectivity index (χ3v) is 3.70. The molecule has 7 heteroatoms. The van der Waals surface area contributed by atoms with Gasteiger partial charge in [0, 0.05) is 22.3 Å². The topological polar surface area (TPSA) is 29.1 Å². The van der Waals surface area contributed by atoms with Crippen molar-refractivity contribution in [2.75, 3.05) is 12.3 Å². The number of amides is 1. The lowest BCUT2D eigenvalue weighted by Crippen LogP contribution is -2.26. The largest absolute Gasteiger partial charge is 0.441 e. The Bertz CT molecular complexity index is 437. The van der Waals surface area contributed by atoms with Crippen molar-refractivity contribution >= 4 is 33.6 Å². The molecule has 1 rings (SSSR count). The van der Waals surface area contributed by atoms with Gasteiger partial charge in [-0.15, -0.1) is 0 Å². The fraction of sp³-hybridized carbons (Fsp3) is 0.364. The van der Waals surface area contributed by atoms with Gasteiger partial charge in [0.05, 0.1) is 0 Å². The van der Waals surface area contributed by atoms with Crippen LogP contribution in [0.5, 0.6) is 0 Å². The molecule has 0 aliphatic rings. The van der Waals surface area contributed by atoms with E-state index in [1.54, 1.807) is 18.2 Å². The molecule has 1 amide bonds. The first-order valence-corrected chi connectivity index (χ1v) is 6.82. The average Bonchev–Trinajstić information content (AvgIpc) is 2.26. The van der Waals surface area contributed by atoms with Gasteiger partial charge in [-0.25, -0.2) is 0 Å². The van der Waals surface area contributed by atoms with E-state index in [1.165, 1.54) is 0 Å². The highest BCUT2D eigenvalue weighted by Gasteiger charge is 2.27. The monoisotopic (exact) mass is 341 g/mol. The number of nitrogens with one attached hydrogen (secondary N) is 1. The number of rotatable bonds is 4. The maximum atomic E-state index is 11.8. The van der Waals surface area contributed by atoms with E-state index in [1.807, 2.05) is 6.92 Å². The number of carbonyl (C=O) groups excluding carboxylic acids is 1. The first kappa shape index (κ1) is 15.4. The van der Waals surface area contributed by atoms with E-state index in [9.17, 15) is 18.0 Å². The summed E-state index contributed by atoms with van der Waals surface area (Å²) in [7, 11) is 0. The predicted octanol–water partition coefficient (Wildman–Crippen LogP) is 3.74. The molecule has 0 heterocycles. The molecular formula is C11H11BrF3NOS. The summed E-state index contributed by atoms with van der Waals surface area (Å²) in [6.07, 6.45) is 0. The highest BCUT2D eigenvalue weighted by atomic mass is 79.9. The second-order valence-corrected chi connectivity index (χ2v) is 5.53. The Morgan fingerprint density at radius 3 is 2.67 bits per heavy atom. The molecule has 0 bridgehead atoms. The van der Waals surface area contributed by atoms with Gasteiger partial charge in [0.1, 0.15) is 0 Å². The lowest BCUT2D eigenvalue weighted by atomic mass is 10.1. The molecule has 2 nitrogen and oxygen atoms in total. The smallest absolute Gasteiger partial charge is 0.351 e. The van der Waals surface area contributed by atoms with Gasteiger partial charge in [0.2, 0.25) is 0 Å². The van der Waals surface area contributed by atoms with Gasteiger partial charge in [0.25, 0.3) is 5.91 Å². The molecule has 0 fully saturated rings. The minimum absolute atomic E-state index is 0.0158. The first-order valence-electron chi connectivity index (χ1n) is 5.04. The van der Waals surface area contributed by atoms with Crippen LogP contribution < -0.4 is 5.32 Å². The Morgan fingerprint density at radius 1 is 1.44 bits per heavy atom. The van der Waals surface area contributed by atoms with Gasteiger partial charge in [-0.05, 0) is 42.4 Å². The number of benzene rings is 1. The normalized spacial score (nSPS) is 11.4. The maximum absolute atomic E-state index is 11.8. The van der Waals surface area contributed by atoms with Gasteiger partial charge in [-0.2, -0.15) is 13.2 Å². The lowest BCUT2D eigenvalue weighted by Gasteiger charge is -2.08. The Hall–Kier alpha value is -0.690. The van der Waals surface area contributed by atoms with Crippen molar-refractivity contribution in [2.45, 2.75) is 12.4 Å². The van der Waals surface area contributed by atoms with E-state index in [2.05, 4.69) is 21.2 Å². The maximum Gasteiger partial charge on any atom is 0.441 e. The van der Waals surface area contributed by atoms with Crippen molar-refractivity contribution in [3.8, 4) is 0 Å². The van der Waals surface area contributed by atoms with Crippen LogP contribution in [0.1, 0.15) is 15.9 Å². The van der Waals surface area contributed by atoms with Gasteiger partial charge < -0.3 is 5.32 Å². The zero-order chi connectivity index (χ0) is 13.8. The molecule has 0 aliphatic heterocycles. The minimum Gasteiger partial charge on any atom is -0.351 e. The molecule has 1 aromatic rings. The summed E-state index contributed by atoms with van der Waals surface area (Å²) in [6, 6.07) is 5.02. The van der Waals surface area contributed by atoms with Crippen LogP contribution in [0, 0.1) is 6.92 Å². The van der Waals surface area contributed by atoms with E-state index >= 15 is 0 Å². The predicted molar refractivity (Wildman–Crippen MR) is 69.7 cm³/mol. The SMILES string of the molecule is Cc1cc(C(=O)NCCSC(F)(F)F)ccc1Br. The first-order chi connectivity index (χ1) is 8.29. The van der Waals surface area contributed by atoms with E-state index < -0.39 is 5.51 Å². The van der Waals surface area contributed by atoms with Crippen LogP contribution in [-0.4, -0.2) is 23.7 Å². The molecule has 0 saturated heterocycles. The zero-order valence-corrected chi connectivity index (χ0v) is 11.9. The van der Waals surface area contributed by atoms with E-state index in [0.29, 0.717) is 5.56 Å². The van der Waals surface area contributed by atoms with Crippen LogP contribution in [0.4, 0.5) is 13.2 Å². The second-order valence-electron chi connectivity index (χ2n) is 3.51. The third-order valence-electron chi connectivity index (χ3n) is 2.07. The molecular weight excluding hydrogens is 331 g/mol. The number of carbonyl (C=O) groups is 1. The molecule has 0 unspecified atom stereocenters. The Labute approximate surface area is 115 Å². The average molecular weight is 342 g/mol. The van der Waals surface area contributed by atoms with Crippen LogP contribution in [0.15, 0.2) is 22.7 Å². The van der Waals surface area contributed by atoms with Crippen LogP contribution in [0.3, 0.4) is 0 Å². The van der Waals surface area contributed by atoms with Gasteiger partial charge in [0.15, 0.2) is 0 Å². The highest BCUT2D eigenvalue weighted by Crippen LogP contribution is 2.29. The van der Waals surface area contributed by atoms with Crippen molar-refractivity contribution in [1.82, 2.24) is 5.32 Å². The lowest BCUT2D eigenvalue weighted by molar-refractivity contribution is -0.0327. The van der Waals surface area contributed by atoms with Crippen molar-refractivity contribution in [1.29, 1.82) is 0 Å². The third kappa shape index (κ3) is 5.30. The van der Waals surface area contributed by atoms with Crippen LogP contribution in [0.2, 0.25) is 0 Å². The molecule has 100 valence electrons. The van der Waals surface area contributed by atoms with Crippen molar-refractivity contribution in [3.05, 3.63) is 33.8 Å². The molecule has 0 atom stereocenters. The molecule has 18 heavy (non-hydrogen) atoms. The highest BCUT2D eigenvalue weighted by molar-refractivity contribution is 9.10. The Balaban J connectivity index is 2.43. The van der Waals surface area contributed by atoms with Crippen molar-refractivity contribution < 1.29 is 18.0 Å². The fourth-order valence-corrected chi connectivity index (χ4v) is 1.90. The second kappa shape index (κ2) is 6.47. The number of thioether (sulfide) groups is 1. The summed E-state index contributed by atoms with van der Waals surface area (Å²) in [6.45, 7) is 1.82. The summed E-state index contributed by atoms with van der Waals surface area (Å²) < 4.78 is 36.4. The molecule has 0 radical (unpaired) electrons. The van der Waals surface area contributed by atoms with Crippen molar-refractivity contribution in [3.63, 3.8) is 0 Å². The van der Waals surface area contributed by atoms with Crippen LogP contribution >= 0.6 is 27.7 Å². The standard InChI is InChI=1S/C11H11BrF3NOS/c1-7-6-8(2-3-9(7)12)10(17)16-4-5-18-11(13,14)15/h2-3,6H,4-5H2,1H3,(H,16,17). The number of hydrogen-bond acceptors (Lipinski definition) is 2. The van der Waals surface area contributed by atoms with Gasteiger partial charge >= 0.3 is 5.51 Å². The fourth-order valence-electron chi connectivity index (χ4n) is 1.22. The summed E-state index contributed by atoms with van der Waals surface area (Å²) in [5, 5.41) is 2.44. The van der Waals surface area contributed by atoms with Gasteiger partial charge in [-0.1, -0.05) is 15.9 Å². The molecule has 0 saturated carbocycles. The summed E-state index contributed by atoms with van der Waals surface area (Å²) in [5.41, 5.74) is -2.92. The number of alkyl halides is 3. The zero-order valence-electron chi connectivity index (χ0n) is 9.47. The molecule has 0 spiro atoms. The van der Waals surface area contributed by atoms with Crippen molar-refractivity contribution in [2.24, 2.45) is 0 Å². The molecule has 1 aromatic carbocycles. The molecule has 0 aliphatic carbocycles. The molecule has 0 aromatic heterocycles. The van der Waals surface area contributed by atoms with Gasteiger partial charge in [-0.3, -0.25) is 4.79 Å². The summed E-state index contributed by atoms with van der Waals surface area (Å²) in [4.78, 5) is 11.6. The Kier molecular flexibility index (Phi) is 5.52. The summed E-state index contributed by atoms with van der Waals surface area (Å²) >= 11 is 3.16. The summed E-state index contributed by atoms with van der Waals surface area (Å²) in [5.74, 6) is -0.557.